The molecule has 1 fully saturated rings. The van der Waals surface area contributed by atoms with Crippen LogP contribution in [-0.2, 0) is 4.74 Å². The predicted octanol–water partition coefficient (Wildman–Crippen LogP) is 2.12. The molecule has 0 aromatic rings. The minimum absolute atomic E-state index is 0.227. The maximum absolute atomic E-state index is 5.35. The van der Waals surface area contributed by atoms with Crippen molar-refractivity contribution in [2.45, 2.75) is 46.6 Å². The summed E-state index contributed by atoms with van der Waals surface area (Å²) in [6, 6.07) is 0. The minimum atomic E-state index is 0.227. The van der Waals surface area contributed by atoms with Crippen molar-refractivity contribution in [3.8, 4) is 0 Å². The van der Waals surface area contributed by atoms with Crippen molar-refractivity contribution >= 4 is 0 Å². The first-order valence-corrected chi connectivity index (χ1v) is 6.84. The summed E-state index contributed by atoms with van der Waals surface area (Å²) >= 11 is 0. The molecule has 1 rings (SSSR count). The molecule has 0 bridgehead atoms. The molecule has 0 radical (unpaired) electrons. The van der Waals surface area contributed by atoms with Crippen LogP contribution in [0.1, 0.15) is 41.0 Å². The number of hydrogen-bond acceptors (Lipinski definition) is 3. The van der Waals surface area contributed by atoms with E-state index in [9.17, 15) is 0 Å². The van der Waals surface area contributed by atoms with Crippen LogP contribution in [-0.4, -0.2) is 49.8 Å². The Kier molecular flexibility index (Phi) is 5.42. The largest absolute Gasteiger partial charge is 0.379 e. The summed E-state index contributed by atoms with van der Waals surface area (Å²) in [6.45, 7) is 17.7. The molecule has 1 aliphatic rings. The second-order valence-electron chi connectivity index (χ2n) is 7.00. The summed E-state index contributed by atoms with van der Waals surface area (Å²) in [5.41, 5.74) is 0.611. The van der Waals surface area contributed by atoms with Crippen molar-refractivity contribution in [1.29, 1.82) is 0 Å². The molecule has 0 saturated carbocycles. The molecule has 102 valence electrons. The molecule has 1 aliphatic heterocycles. The van der Waals surface area contributed by atoms with Gasteiger partial charge in [-0.25, -0.2) is 0 Å². The van der Waals surface area contributed by atoms with Crippen LogP contribution in [0.15, 0.2) is 0 Å². The first-order chi connectivity index (χ1) is 7.79. The number of nitrogens with zero attached hydrogens (tertiary/aromatic N) is 1. The Morgan fingerprint density at radius 2 is 1.65 bits per heavy atom. The lowest BCUT2D eigenvalue weighted by atomic mass is 9.82. The molecule has 1 saturated heterocycles. The van der Waals surface area contributed by atoms with Gasteiger partial charge in [-0.1, -0.05) is 20.8 Å². The number of hydrogen-bond donors (Lipinski definition) is 1. The van der Waals surface area contributed by atoms with E-state index in [4.69, 9.17) is 4.74 Å². The number of nitrogens with one attached hydrogen (secondary N) is 1. The molecule has 1 heterocycles. The van der Waals surface area contributed by atoms with E-state index >= 15 is 0 Å². The summed E-state index contributed by atoms with van der Waals surface area (Å²) in [4.78, 5) is 2.48. The Morgan fingerprint density at radius 3 is 2.18 bits per heavy atom. The van der Waals surface area contributed by atoms with Crippen molar-refractivity contribution in [1.82, 2.24) is 10.2 Å². The van der Waals surface area contributed by atoms with Gasteiger partial charge in [0.15, 0.2) is 0 Å². The van der Waals surface area contributed by atoms with E-state index in [0.717, 1.165) is 39.4 Å². The van der Waals surface area contributed by atoms with E-state index in [0.29, 0.717) is 5.41 Å². The molecule has 0 aromatic carbocycles. The molecular weight excluding hydrogens is 212 g/mol. The number of ether oxygens (including phenoxy) is 1. The zero-order chi connectivity index (χ0) is 12.9. The Balaban J connectivity index is 2.20. The lowest BCUT2D eigenvalue weighted by Gasteiger charge is -2.35. The molecule has 17 heavy (non-hydrogen) atoms. The van der Waals surface area contributed by atoms with Crippen LogP contribution in [0.5, 0.6) is 0 Å². The molecule has 1 N–H and O–H groups in total. The van der Waals surface area contributed by atoms with Crippen molar-refractivity contribution in [3.05, 3.63) is 0 Å². The Labute approximate surface area is 107 Å². The lowest BCUT2D eigenvalue weighted by molar-refractivity contribution is 0.0373. The van der Waals surface area contributed by atoms with Crippen LogP contribution < -0.4 is 5.32 Å². The molecule has 0 atom stereocenters. The van der Waals surface area contributed by atoms with Gasteiger partial charge >= 0.3 is 0 Å². The fourth-order valence-electron chi connectivity index (χ4n) is 2.77. The fraction of sp³-hybridized carbons (Fsp3) is 1.00. The van der Waals surface area contributed by atoms with E-state index in [1.165, 1.54) is 6.42 Å². The van der Waals surface area contributed by atoms with Crippen molar-refractivity contribution < 1.29 is 4.74 Å². The van der Waals surface area contributed by atoms with Gasteiger partial charge in [0.05, 0.1) is 13.2 Å². The van der Waals surface area contributed by atoms with Gasteiger partial charge in [-0.15, -0.1) is 0 Å². The van der Waals surface area contributed by atoms with E-state index in [2.05, 4.69) is 44.8 Å². The number of morpholine rings is 1. The third-order valence-corrected chi connectivity index (χ3v) is 3.11. The third-order valence-electron chi connectivity index (χ3n) is 3.11. The van der Waals surface area contributed by atoms with Crippen molar-refractivity contribution in [2.24, 2.45) is 5.41 Å². The van der Waals surface area contributed by atoms with E-state index in [1.807, 2.05) is 0 Å². The Morgan fingerprint density at radius 1 is 1.06 bits per heavy atom. The molecule has 3 nitrogen and oxygen atoms in total. The maximum atomic E-state index is 5.35. The van der Waals surface area contributed by atoms with Gasteiger partial charge in [-0.3, -0.25) is 4.90 Å². The lowest BCUT2D eigenvalue weighted by Crippen LogP contribution is -2.47. The summed E-state index contributed by atoms with van der Waals surface area (Å²) in [7, 11) is 0. The van der Waals surface area contributed by atoms with Crippen LogP contribution in [0.3, 0.4) is 0 Å². The molecule has 0 aromatic heterocycles. The Hall–Kier alpha value is -0.120. The van der Waals surface area contributed by atoms with E-state index < -0.39 is 0 Å². The van der Waals surface area contributed by atoms with Gasteiger partial charge in [0.2, 0.25) is 0 Å². The molecular formula is C14H30N2O. The first kappa shape index (κ1) is 14.9. The molecule has 3 heteroatoms. The second kappa shape index (κ2) is 6.17. The summed E-state index contributed by atoms with van der Waals surface area (Å²) in [6.07, 6.45) is 1.20. The molecule has 0 spiro atoms. The average molecular weight is 242 g/mol. The monoisotopic (exact) mass is 242 g/mol. The van der Waals surface area contributed by atoms with Crippen molar-refractivity contribution in [3.63, 3.8) is 0 Å². The van der Waals surface area contributed by atoms with Crippen molar-refractivity contribution in [2.75, 3.05) is 39.4 Å². The average Bonchev–Trinajstić information content (AvgIpc) is 2.15. The van der Waals surface area contributed by atoms with Crippen LogP contribution >= 0.6 is 0 Å². The van der Waals surface area contributed by atoms with Crippen LogP contribution in [0.25, 0.3) is 0 Å². The van der Waals surface area contributed by atoms with Crippen LogP contribution in [0.4, 0.5) is 0 Å². The summed E-state index contributed by atoms with van der Waals surface area (Å²) < 4.78 is 5.35. The van der Waals surface area contributed by atoms with Gasteiger partial charge in [-0.05, 0) is 25.7 Å². The topological polar surface area (TPSA) is 24.5 Å². The normalized spacial score (nSPS) is 19.6. The SMILES string of the molecule is CC(C)(C)CC(C)(C)NCCN1CCOCC1. The first-order valence-electron chi connectivity index (χ1n) is 6.84. The highest BCUT2D eigenvalue weighted by molar-refractivity contribution is 4.83. The highest BCUT2D eigenvalue weighted by Crippen LogP contribution is 2.26. The van der Waals surface area contributed by atoms with Crippen LogP contribution in [0.2, 0.25) is 0 Å². The van der Waals surface area contributed by atoms with Gasteiger partial charge in [0, 0.05) is 31.7 Å². The summed E-state index contributed by atoms with van der Waals surface area (Å²) in [5, 5.41) is 3.68. The van der Waals surface area contributed by atoms with Crippen LogP contribution in [0, 0.1) is 5.41 Å². The zero-order valence-corrected chi connectivity index (χ0v) is 12.3. The zero-order valence-electron chi connectivity index (χ0n) is 12.3. The van der Waals surface area contributed by atoms with E-state index in [-0.39, 0.29) is 5.54 Å². The summed E-state index contributed by atoms with van der Waals surface area (Å²) in [5.74, 6) is 0. The predicted molar refractivity (Wildman–Crippen MR) is 73.4 cm³/mol. The standard InChI is InChI=1S/C14H30N2O/c1-13(2,3)12-14(4,5)15-6-7-16-8-10-17-11-9-16/h15H,6-12H2,1-5H3. The fourth-order valence-corrected chi connectivity index (χ4v) is 2.77. The second-order valence-corrected chi connectivity index (χ2v) is 7.00. The van der Waals surface area contributed by atoms with Gasteiger partial charge in [0.25, 0.3) is 0 Å². The van der Waals surface area contributed by atoms with E-state index in [1.54, 1.807) is 0 Å². The van der Waals surface area contributed by atoms with Gasteiger partial charge in [0.1, 0.15) is 0 Å². The highest BCUT2D eigenvalue weighted by atomic mass is 16.5. The van der Waals surface area contributed by atoms with Gasteiger partial charge in [-0.2, -0.15) is 0 Å². The maximum Gasteiger partial charge on any atom is 0.0594 e. The minimum Gasteiger partial charge on any atom is -0.379 e. The smallest absolute Gasteiger partial charge is 0.0594 e. The quantitative estimate of drug-likeness (QED) is 0.799. The van der Waals surface area contributed by atoms with Gasteiger partial charge < -0.3 is 10.1 Å². The molecule has 0 aliphatic carbocycles. The number of rotatable bonds is 5. The highest BCUT2D eigenvalue weighted by Gasteiger charge is 2.24. The Bertz CT molecular complexity index is 215. The molecule has 0 amide bonds. The third kappa shape index (κ3) is 7.02. The molecule has 0 unspecified atom stereocenters.